The molecule has 7 nitrogen and oxygen atoms in total. The molecule has 0 aliphatic carbocycles. The average Bonchev–Trinajstić information content (AvgIpc) is 2.44. The number of ether oxygens (including phenoxy) is 2. The molecule has 0 radical (unpaired) electrons. The van der Waals surface area contributed by atoms with Crippen molar-refractivity contribution in [2.45, 2.75) is 18.2 Å². The average molecular weight is 317 g/mol. The number of carboxylic acid groups (broad SMARTS) is 1. The van der Waals surface area contributed by atoms with E-state index in [0.717, 1.165) is 4.31 Å². The van der Waals surface area contributed by atoms with Gasteiger partial charge < -0.3 is 14.6 Å². The second-order valence-electron chi connectivity index (χ2n) is 4.32. The molecular formula is C13H19NO6S. The summed E-state index contributed by atoms with van der Waals surface area (Å²) in [6, 6.07) is 2.76. The van der Waals surface area contributed by atoms with Gasteiger partial charge in [-0.15, -0.1) is 0 Å². The first-order valence-electron chi connectivity index (χ1n) is 6.20. The molecule has 1 aromatic rings. The van der Waals surface area contributed by atoms with Crippen LogP contribution in [-0.2, 0) is 21.2 Å². The predicted molar refractivity (Wildman–Crippen MR) is 76.4 cm³/mol. The Morgan fingerprint density at radius 1 is 1.29 bits per heavy atom. The number of nitrogens with zero attached hydrogens (tertiary/aromatic N) is 1. The van der Waals surface area contributed by atoms with E-state index in [1.807, 2.05) is 0 Å². The number of hydrogen-bond acceptors (Lipinski definition) is 5. The fraction of sp³-hybridized carbons (Fsp3) is 0.462. The fourth-order valence-corrected chi connectivity index (χ4v) is 3.18. The minimum Gasteiger partial charge on any atom is -0.493 e. The normalized spacial score (nSPS) is 11.5. The van der Waals surface area contributed by atoms with Crippen LogP contribution in [0.4, 0.5) is 0 Å². The standard InChI is InChI=1S/C13H19NO6S/c1-5-14(2)21(17,18)11-7-9(8-12(15)16)6-10(19-3)13(11)20-4/h6-7H,5,8H2,1-4H3,(H,15,16). The van der Waals surface area contributed by atoms with Gasteiger partial charge in [-0.2, -0.15) is 0 Å². The lowest BCUT2D eigenvalue weighted by Gasteiger charge is -2.19. The van der Waals surface area contributed by atoms with Crippen molar-refractivity contribution in [1.29, 1.82) is 0 Å². The van der Waals surface area contributed by atoms with Crippen molar-refractivity contribution < 1.29 is 27.8 Å². The van der Waals surface area contributed by atoms with Crippen LogP contribution in [0.3, 0.4) is 0 Å². The lowest BCUT2D eigenvalue weighted by atomic mass is 10.1. The summed E-state index contributed by atoms with van der Waals surface area (Å²) in [5, 5.41) is 8.87. The number of hydrogen-bond donors (Lipinski definition) is 1. The van der Waals surface area contributed by atoms with E-state index in [1.165, 1.54) is 33.4 Å². The fourth-order valence-electron chi connectivity index (χ4n) is 1.79. The van der Waals surface area contributed by atoms with Gasteiger partial charge in [-0.05, 0) is 17.7 Å². The molecular weight excluding hydrogens is 298 g/mol. The number of carbonyl (C=O) groups is 1. The Kier molecular flexibility index (Phi) is 5.56. The Balaban J connectivity index is 3.57. The van der Waals surface area contributed by atoms with Crippen LogP contribution in [0, 0.1) is 0 Å². The maximum absolute atomic E-state index is 12.5. The maximum atomic E-state index is 12.5. The summed E-state index contributed by atoms with van der Waals surface area (Å²) in [5.74, 6) is -0.819. The molecule has 0 saturated heterocycles. The summed E-state index contributed by atoms with van der Waals surface area (Å²) < 4.78 is 36.4. The molecule has 0 atom stereocenters. The van der Waals surface area contributed by atoms with Crippen LogP contribution in [0.25, 0.3) is 0 Å². The first-order chi connectivity index (χ1) is 9.77. The Labute approximate surface area is 124 Å². The van der Waals surface area contributed by atoms with Crippen molar-refractivity contribution in [2.75, 3.05) is 27.8 Å². The zero-order valence-electron chi connectivity index (χ0n) is 12.4. The Bertz CT molecular complexity index is 626. The summed E-state index contributed by atoms with van der Waals surface area (Å²) >= 11 is 0. The highest BCUT2D eigenvalue weighted by Crippen LogP contribution is 2.37. The van der Waals surface area contributed by atoms with E-state index < -0.39 is 16.0 Å². The van der Waals surface area contributed by atoms with E-state index in [9.17, 15) is 13.2 Å². The highest BCUT2D eigenvalue weighted by Gasteiger charge is 2.27. The van der Waals surface area contributed by atoms with E-state index in [1.54, 1.807) is 6.92 Å². The van der Waals surface area contributed by atoms with Crippen molar-refractivity contribution in [3.63, 3.8) is 0 Å². The molecule has 118 valence electrons. The number of aliphatic carboxylic acids is 1. The van der Waals surface area contributed by atoms with Crippen LogP contribution in [0.15, 0.2) is 17.0 Å². The number of methoxy groups -OCH3 is 2. The second-order valence-corrected chi connectivity index (χ2v) is 6.33. The predicted octanol–water partition coefficient (Wildman–Crippen LogP) is 0.971. The van der Waals surface area contributed by atoms with Crippen LogP contribution >= 0.6 is 0 Å². The molecule has 1 rings (SSSR count). The highest BCUT2D eigenvalue weighted by molar-refractivity contribution is 7.89. The quantitative estimate of drug-likeness (QED) is 0.805. The smallest absolute Gasteiger partial charge is 0.307 e. The second kappa shape index (κ2) is 6.77. The van der Waals surface area contributed by atoms with Gasteiger partial charge >= 0.3 is 5.97 Å². The lowest BCUT2D eigenvalue weighted by molar-refractivity contribution is -0.136. The molecule has 0 amide bonds. The van der Waals surface area contributed by atoms with E-state index >= 15 is 0 Å². The van der Waals surface area contributed by atoms with Gasteiger partial charge in [0.1, 0.15) is 4.90 Å². The molecule has 1 N–H and O–H groups in total. The molecule has 0 bridgehead atoms. The van der Waals surface area contributed by atoms with Crippen LogP contribution in [0.5, 0.6) is 11.5 Å². The van der Waals surface area contributed by atoms with Gasteiger partial charge in [0, 0.05) is 13.6 Å². The number of benzene rings is 1. The van der Waals surface area contributed by atoms with Gasteiger partial charge in [0.2, 0.25) is 10.0 Å². The summed E-state index contributed by atoms with van der Waals surface area (Å²) in [5.41, 5.74) is 0.322. The minimum absolute atomic E-state index is 0.0620. The molecule has 0 spiro atoms. The topological polar surface area (TPSA) is 93.1 Å². The zero-order valence-corrected chi connectivity index (χ0v) is 13.2. The third-order valence-corrected chi connectivity index (χ3v) is 4.93. The number of rotatable bonds is 7. The van der Waals surface area contributed by atoms with Gasteiger partial charge in [-0.3, -0.25) is 4.79 Å². The Morgan fingerprint density at radius 3 is 2.33 bits per heavy atom. The third-order valence-electron chi connectivity index (χ3n) is 2.99. The zero-order chi connectivity index (χ0) is 16.2. The number of carboxylic acids is 1. The molecule has 0 saturated carbocycles. The van der Waals surface area contributed by atoms with E-state index in [-0.39, 0.29) is 29.4 Å². The van der Waals surface area contributed by atoms with E-state index in [2.05, 4.69) is 0 Å². The lowest BCUT2D eigenvalue weighted by Crippen LogP contribution is -2.27. The summed E-state index contributed by atoms with van der Waals surface area (Å²) in [6.07, 6.45) is -0.307. The monoisotopic (exact) mass is 317 g/mol. The molecule has 0 aliphatic rings. The molecule has 21 heavy (non-hydrogen) atoms. The first kappa shape index (κ1) is 17.3. The number of sulfonamides is 1. The largest absolute Gasteiger partial charge is 0.493 e. The summed E-state index contributed by atoms with van der Waals surface area (Å²) in [4.78, 5) is 10.7. The van der Waals surface area contributed by atoms with Crippen molar-refractivity contribution in [3.8, 4) is 11.5 Å². The van der Waals surface area contributed by atoms with Crippen molar-refractivity contribution in [1.82, 2.24) is 4.31 Å². The molecule has 0 aromatic heterocycles. The van der Waals surface area contributed by atoms with Crippen LogP contribution in [-0.4, -0.2) is 51.6 Å². The van der Waals surface area contributed by atoms with E-state index in [0.29, 0.717) is 5.56 Å². The highest BCUT2D eigenvalue weighted by atomic mass is 32.2. The molecule has 8 heteroatoms. The Hall–Kier alpha value is -1.80. The van der Waals surface area contributed by atoms with Crippen molar-refractivity contribution in [3.05, 3.63) is 17.7 Å². The molecule has 0 fully saturated rings. The van der Waals surface area contributed by atoms with Gasteiger partial charge in [-0.25, -0.2) is 12.7 Å². The summed E-state index contributed by atoms with van der Waals surface area (Å²) in [6.45, 7) is 1.97. The van der Waals surface area contributed by atoms with Crippen LogP contribution in [0.2, 0.25) is 0 Å². The van der Waals surface area contributed by atoms with E-state index in [4.69, 9.17) is 14.6 Å². The molecule has 0 heterocycles. The van der Waals surface area contributed by atoms with Crippen LogP contribution in [0.1, 0.15) is 12.5 Å². The molecule has 0 unspecified atom stereocenters. The van der Waals surface area contributed by atoms with Crippen molar-refractivity contribution in [2.24, 2.45) is 0 Å². The molecule has 1 aromatic carbocycles. The Morgan fingerprint density at radius 2 is 1.90 bits per heavy atom. The minimum atomic E-state index is -3.79. The third kappa shape index (κ3) is 3.64. The maximum Gasteiger partial charge on any atom is 0.307 e. The van der Waals surface area contributed by atoms with Gasteiger partial charge in [0.05, 0.1) is 20.6 Å². The molecule has 0 aliphatic heterocycles. The first-order valence-corrected chi connectivity index (χ1v) is 7.64. The van der Waals surface area contributed by atoms with Gasteiger partial charge in [0.15, 0.2) is 11.5 Å². The van der Waals surface area contributed by atoms with Crippen molar-refractivity contribution >= 4 is 16.0 Å². The van der Waals surface area contributed by atoms with Gasteiger partial charge in [0.25, 0.3) is 0 Å². The van der Waals surface area contributed by atoms with Crippen LogP contribution < -0.4 is 9.47 Å². The summed E-state index contributed by atoms with van der Waals surface area (Å²) in [7, 11) is 0.345. The van der Waals surface area contributed by atoms with Gasteiger partial charge in [-0.1, -0.05) is 6.92 Å². The SMILES string of the molecule is CCN(C)S(=O)(=O)c1cc(CC(=O)O)cc(OC)c1OC.